The lowest BCUT2D eigenvalue weighted by atomic mass is 10.2. The predicted octanol–water partition coefficient (Wildman–Crippen LogP) is 3.07. The van der Waals surface area contributed by atoms with Crippen molar-refractivity contribution in [3.8, 4) is 17.2 Å². The third-order valence-electron chi connectivity index (χ3n) is 2.23. The van der Waals surface area contributed by atoms with Crippen LogP contribution < -0.4 is 9.78 Å². The molecule has 0 aliphatic carbocycles. The standard InChI is InChI=1S/C13H12O3/c1-10-12(14)8-5-9-13(10)16-15-11-6-3-2-4-7-11/h2-9,14H,1H3. The van der Waals surface area contributed by atoms with Gasteiger partial charge in [-0.15, -0.1) is 0 Å². The first kappa shape index (κ1) is 10.4. The Kier molecular flexibility index (Phi) is 2.96. The molecular weight excluding hydrogens is 204 g/mol. The first-order valence-electron chi connectivity index (χ1n) is 4.95. The van der Waals surface area contributed by atoms with Crippen LogP contribution in [0.3, 0.4) is 0 Å². The zero-order chi connectivity index (χ0) is 11.4. The molecule has 0 saturated carbocycles. The number of phenolic OH excluding ortho intramolecular Hbond substituents is 1. The summed E-state index contributed by atoms with van der Waals surface area (Å²) in [5.74, 6) is 1.31. The van der Waals surface area contributed by atoms with E-state index in [2.05, 4.69) is 0 Å². The maximum Gasteiger partial charge on any atom is 0.185 e. The van der Waals surface area contributed by atoms with E-state index >= 15 is 0 Å². The van der Waals surface area contributed by atoms with Crippen LogP contribution in [0.1, 0.15) is 5.56 Å². The topological polar surface area (TPSA) is 38.7 Å². The number of phenols is 1. The van der Waals surface area contributed by atoms with E-state index in [1.54, 1.807) is 37.3 Å². The Morgan fingerprint density at radius 2 is 1.62 bits per heavy atom. The number of hydrogen-bond acceptors (Lipinski definition) is 3. The lowest BCUT2D eigenvalue weighted by molar-refractivity contribution is -0.101. The fourth-order valence-corrected chi connectivity index (χ4v) is 1.26. The van der Waals surface area contributed by atoms with Crippen LogP contribution in [0.15, 0.2) is 48.5 Å². The maximum atomic E-state index is 9.46. The molecule has 0 atom stereocenters. The van der Waals surface area contributed by atoms with Gasteiger partial charge in [0.1, 0.15) is 5.75 Å². The summed E-state index contributed by atoms with van der Waals surface area (Å²) >= 11 is 0. The molecule has 0 bridgehead atoms. The summed E-state index contributed by atoms with van der Waals surface area (Å²) in [6.45, 7) is 1.76. The van der Waals surface area contributed by atoms with Gasteiger partial charge in [0.25, 0.3) is 0 Å². The Bertz CT molecular complexity index is 466. The van der Waals surface area contributed by atoms with E-state index in [1.807, 2.05) is 18.2 Å². The molecule has 2 rings (SSSR count). The van der Waals surface area contributed by atoms with E-state index in [0.717, 1.165) is 0 Å². The summed E-state index contributed by atoms with van der Waals surface area (Å²) in [6.07, 6.45) is 0. The summed E-state index contributed by atoms with van der Waals surface area (Å²) in [5, 5.41) is 9.46. The third-order valence-corrected chi connectivity index (χ3v) is 2.23. The zero-order valence-electron chi connectivity index (χ0n) is 8.88. The van der Waals surface area contributed by atoms with Gasteiger partial charge in [-0.25, -0.2) is 0 Å². The van der Waals surface area contributed by atoms with Gasteiger partial charge < -0.3 is 5.11 Å². The molecule has 0 spiro atoms. The molecule has 0 aliphatic heterocycles. The van der Waals surface area contributed by atoms with Crippen molar-refractivity contribution >= 4 is 0 Å². The largest absolute Gasteiger partial charge is 0.508 e. The summed E-state index contributed by atoms with van der Waals surface area (Å²) in [4.78, 5) is 10.3. The van der Waals surface area contributed by atoms with Gasteiger partial charge in [-0.1, -0.05) is 24.3 Å². The van der Waals surface area contributed by atoms with Gasteiger partial charge in [0, 0.05) is 5.56 Å². The quantitative estimate of drug-likeness (QED) is 0.633. The first-order chi connectivity index (χ1) is 7.77. The molecule has 0 saturated heterocycles. The van der Waals surface area contributed by atoms with Crippen LogP contribution in [0.2, 0.25) is 0 Å². The minimum Gasteiger partial charge on any atom is -0.508 e. The van der Waals surface area contributed by atoms with Crippen molar-refractivity contribution in [1.82, 2.24) is 0 Å². The lowest BCUT2D eigenvalue weighted by Crippen LogP contribution is -2.01. The molecule has 1 N–H and O–H groups in total. The minimum atomic E-state index is 0.189. The highest BCUT2D eigenvalue weighted by atomic mass is 17.2. The summed E-state index contributed by atoms with van der Waals surface area (Å²) < 4.78 is 0. The number of hydrogen-bond donors (Lipinski definition) is 1. The smallest absolute Gasteiger partial charge is 0.185 e. The van der Waals surface area contributed by atoms with Gasteiger partial charge in [0.05, 0.1) is 0 Å². The van der Waals surface area contributed by atoms with E-state index < -0.39 is 0 Å². The molecular formula is C13H12O3. The normalized spacial score (nSPS) is 9.81. The van der Waals surface area contributed by atoms with Gasteiger partial charge in [0.2, 0.25) is 0 Å². The molecule has 3 nitrogen and oxygen atoms in total. The van der Waals surface area contributed by atoms with E-state index in [1.165, 1.54) is 0 Å². The van der Waals surface area contributed by atoms with E-state index in [0.29, 0.717) is 17.1 Å². The molecule has 0 radical (unpaired) electrons. The number of rotatable bonds is 3. The molecule has 3 heteroatoms. The van der Waals surface area contributed by atoms with Crippen molar-refractivity contribution in [3.05, 3.63) is 54.1 Å². The fourth-order valence-electron chi connectivity index (χ4n) is 1.26. The zero-order valence-corrected chi connectivity index (χ0v) is 8.88. The highest BCUT2D eigenvalue weighted by molar-refractivity contribution is 5.42. The summed E-state index contributed by atoms with van der Waals surface area (Å²) in [6, 6.07) is 14.2. The number of benzene rings is 2. The maximum absolute atomic E-state index is 9.46. The minimum absolute atomic E-state index is 0.189. The van der Waals surface area contributed by atoms with E-state index in [4.69, 9.17) is 9.78 Å². The van der Waals surface area contributed by atoms with E-state index in [-0.39, 0.29) is 5.75 Å². The second kappa shape index (κ2) is 4.57. The molecule has 0 aromatic heterocycles. The fraction of sp³-hybridized carbons (Fsp3) is 0.0769. The van der Waals surface area contributed by atoms with Gasteiger partial charge in [-0.3, -0.25) is 9.78 Å². The molecule has 2 aromatic carbocycles. The molecule has 16 heavy (non-hydrogen) atoms. The van der Waals surface area contributed by atoms with Crippen molar-refractivity contribution in [3.63, 3.8) is 0 Å². The summed E-state index contributed by atoms with van der Waals surface area (Å²) in [5.41, 5.74) is 0.651. The Hall–Kier alpha value is -2.16. The van der Waals surface area contributed by atoms with Crippen LogP contribution in [0.5, 0.6) is 17.2 Å². The van der Waals surface area contributed by atoms with E-state index in [9.17, 15) is 5.11 Å². The molecule has 2 aromatic rings. The Morgan fingerprint density at radius 3 is 2.38 bits per heavy atom. The first-order valence-corrected chi connectivity index (χ1v) is 4.95. The van der Waals surface area contributed by atoms with Crippen molar-refractivity contribution in [1.29, 1.82) is 0 Å². The SMILES string of the molecule is Cc1c(O)cccc1OOc1ccccc1. The highest BCUT2D eigenvalue weighted by Gasteiger charge is 2.05. The predicted molar refractivity (Wildman–Crippen MR) is 60.5 cm³/mol. The van der Waals surface area contributed by atoms with Crippen molar-refractivity contribution in [2.45, 2.75) is 6.92 Å². The highest BCUT2D eigenvalue weighted by Crippen LogP contribution is 2.26. The van der Waals surface area contributed by atoms with Crippen LogP contribution in [0.4, 0.5) is 0 Å². The third kappa shape index (κ3) is 2.25. The molecule has 82 valence electrons. The van der Waals surface area contributed by atoms with Crippen molar-refractivity contribution in [2.24, 2.45) is 0 Å². The van der Waals surface area contributed by atoms with Crippen LogP contribution >= 0.6 is 0 Å². The lowest BCUT2D eigenvalue weighted by Gasteiger charge is -2.08. The van der Waals surface area contributed by atoms with Gasteiger partial charge in [0.15, 0.2) is 11.5 Å². The molecule has 0 unspecified atom stereocenters. The second-order valence-electron chi connectivity index (χ2n) is 3.38. The Balaban J connectivity index is 2.08. The average molecular weight is 216 g/mol. The van der Waals surface area contributed by atoms with Gasteiger partial charge in [-0.2, -0.15) is 0 Å². The Labute approximate surface area is 93.8 Å². The van der Waals surface area contributed by atoms with Crippen LogP contribution in [0.25, 0.3) is 0 Å². The summed E-state index contributed by atoms with van der Waals surface area (Å²) in [7, 11) is 0. The average Bonchev–Trinajstić information content (AvgIpc) is 2.32. The monoisotopic (exact) mass is 216 g/mol. The van der Waals surface area contributed by atoms with Crippen molar-refractivity contribution in [2.75, 3.05) is 0 Å². The molecule has 0 amide bonds. The van der Waals surface area contributed by atoms with Crippen LogP contribution in [-0.2, 0) is 0 Å². The molecule has 0 fully saturated rings. The molecule has 0 heterocycles. The Morgan fingerprint density at radius 1 is 0.875 bits per heavy atom. The molecule has 0 aliphatic rings. The van der Waals surface area contributed by atoms with Gasteiger partial charge in [-0.05, 0) is 31.2 Å². The van der Waals surface area contributed by atoms with Crippen LogP contribution in [0, 0.1) is 6.92 Å². The van der Waals surface area contributed by atoms with Crippen LogP contribution in [-0.4, -0.2) is 5.11 Å². The number of aromatic hydroxyl groups is 1. The number of para-hydroxylation sites is 1. The van der Waals surface area contributed by atoms with Gasteiger partial charge >= 0.3 is 0 Å². The van der Waals surface area contributed by atoms with Crippen molar-refractivity contribution < 1.29 is 14.9 Å². The second-order valence-corrected chi connectivity index (χ2v) is 3.38.